The van der Waals surface area contributed by atoms with Gasteiger partial charge in [-0.15, -0.1) is 6.42 Å². The number of benzene rings is 1. The van der Waals surface area contributed by atoms with Gasteiger partial charge < -0.3 is 79.9 Å². The van der Waals surface area contributed by atoms with Crippen LogP contribution in [0.15, 0.2) is 48.6 Å². The maximum atomic E-state index is 10.3. The van der Waals surface area contributed by atoms with E-state index in [9.17, 15) is 4.79 Å². The van der Waals surface area contributed by atoms with E-state index in [0.717, 1.165) is 6.42 Å². The first kappa shape index (κ1) is 65.1. The van der Waals surface area contributed by atoms with Crippen LogP contribution in [0.3, 0.4) is 0 Å². The number of allylic oxidation sites excluding steroid dienone is 4. The molecule has 24 heavy (non-hydrogen) atoms. The molecule has 146 valence electrons. The Bertz CT molecular complexity index is 351. The molecular formula is C18H33Cl2NOSiTi-8. The molecule has 1 aliphatic rings. The van der Waals surface area contributed by atoms with E-state index < -0.39 is 5.91 Å². The van der Waals surface area contributed by atoms with Gasteiger partial charge in [-0.1, -0.05) is 30.3 Å². The Balaban J connectivity index is -0.0000000151. The van der Waals surface area contributed by atoms with Crippen molar-refractivity contribution >= 4 is 16.9 Å². The van der Waals surface area contributed by atoms with Gasteiger partial charge in [-0.3, -0.25) is 6.08 Å². The number of halogens is 2. The summed E-state index contributed by atoms with van der Waals surface area (Å²) in [6.45, 7) is 0. The van der Waals surface area contributed by atoms with Crippen molar-refractivity contribution < 1.29 is 51.3 Å². The molecular weight excluding hydrogens is 393 g/mol. The Hall–Kier alpha value is -0.319. The van der Waals surface area contributed by atoms with E-state index in [1.807, 2.05) is 18.2 Å². The van der Waals surface area contributed by atoms with E-state index in [2.05, 4.69) is 12.2 Å². The second-order valence-corrected chi connectivity index (χ2v) is 2.70. The largest absolute Gasteiger partial charge is 2.00 e. The molecule has 0 heterocycles. The van der Waals surface area contributed by atoms with Crippen molar-refractivity contribution in [1.29, 1.82) is 0 Å². The average Bonchev–Trinajstić information content (AvgIpc) is 2.77. The van der Waals surface area contributed by atoms with Gasteiger partial charge in [-0.05, 0) is 16.5 Å². The Morgan fingerprint density at radius 2 is 1.33 bits per heavy atom. The summed E-state index contributed by atoms with van der Waals surface area (Å²) in [7, 11) is 0. The Morgan fingerprint density at radius 3 is 1.50 bits per heavy atom. The van der Waals surface area contributed by atoms with E-state index in [0.29, 0.717) is 5.56 Å². The summed E-state index contributed by atoms with van der Waals surface area (Å²) in [6.07, 6.45) is 10.0. The summed E-state index contributed by atoms with van der Waals surface area (Å²) < 4.78 is 0. The van der Waals surface area contributed by atoms with Crippen LogP contribution in [0.4, 0.5) is 0 Å². The van der Waals surface area contributed by atoms with Crippen molar-refractivity contribution in [1.82, 2.24) is 0 Å². The first-order valence-electron chi connectivity index (χ1n) is 4.33. The van der Waals surface area contributed by atoms with Crippen LogP contribution in [0, 0.1) is 50.6 Å². The Labute approximate surface area is 184 Å². The van der Waals surface area contributed by atoms with Crippen LogP contribution < -0.4 is 24.8 Å². The minimum Gasteiger partial charge on any atom is -1.00 e. The third kappa shape index (κ3) is 33.3. The summed E-state index contributed by atoms with van der Waals surface area (Å²) in [5, 5.41) is 0. The van der Waals surface area contributed by atoms with Crippen LogP contribution in [-0.2, 0) is 21.7 Å². The molecule has 0 aromatic heterocycles. The van der Waals surface area contributed by atoms with Crippen LogP contribution in [0.1, 0.15) is 16.8 Å². The van der Waals surface area contributed by atoms with Gasteiger partial charge in [0.25, 0.3) is 0 Å². The zero-order valence-corrected chi connectivity index (χ0v) is 18.1. The van der Waals surface area contributed by atoms with E-state index in [1.165, 1.54) is 0 Å². The molecule has 0 atom stereocenters. The predicted octanol–water partition coefficient (Wildman–Crippen LogP) is -1.56. The number of hydrogen-bond acceptors (Lipinski definition) is 1. The monoisotopic (exact) mass is 425 g/mol. The van der Waals surface area contributed by atoms with Gasteiger partial charge >= 0.3 is 21.7 Å². The smallest absolute Gasteiger partial charge is 1.00 e. The zero-order chi connectivity index (χ0) is 10.2. The Kier molecular flexibility index (Phi) is 118. The fourth-order valence-corrected chi connectivity index (χ4v) is 0.930. The maximum Gasteiger partial charge on any atom is 2.00 e. The molecule has 1 aromatic rings. The van der Waals surface area contributed by atoms with Gasteiger partial charge in [0.2, 0.25) is 0 Å². The van der Waals surface area contributed by atoms with Gasteiger partial charge in [0.05, 0.1) is 5.91 Å². The van der Waals surface area contributed by atoms with Crippen molar-refractivity contribution in [2.75, 3.05) is 0 Å². The van der Waals surface area contributed by atoms with Crippen molar-refractivity contribution in [3.05, 3.63) is 110 Å². The number of carbonyl (C=O) groups excluding carboxylic acids is 1. The van der Waals surface area contributed by atoms with Crippen molar-refractivity contribution in [2.24, 2.45) is 0 Å². The molecule has 0 radical (unpaired) electrons. The van der Waals surface area contributed by atoms with Crippen molar-refractivity contribution in [3.63, 3.8) is 0 Å². The van der Waals surface area contributed by atoms with E-state index in [4.69, 9.17) is 5.73 Å². The van der Waals surface area contributed by atoms with E-state index >= 15 is 0 Å². The molecule has 1 N–H and O–H groups in total. The van der Waals surface area contributed by atoms with Crippen molar-refractivity contribution in [2.45, 2.75) is 6.42 Å². The first-order valence-corrected chi connectivity index (χ1v) is 4.33. The maximum absolute atomic E-state index is 10.3. The summed E-state index contributed by atoms with van der Waals surface area (Å²) in [4.78, 5) is 10.3. The molecule has 1 aliphatic carbocycles. The topological polar surface area (TPSA) is 40.9 Å². The van der Waals surface area contributed by atoms with Crippen LogP contribution in [0.2, 0.25) is 0 Å². The second kappa shape index (κ2) is 43.4. The standard InChI is InChI=1S/C7H7NO.C5H5.6CH3.2ClH.H4Si.Ti/c8-7(9)6-4-2-1-3-5-6;1-2-4-5-3-1;;;;;;;;;;/h1-5H,(H2,8,9);1-3H,4H2;6*1H3;2*1H;1H4;/q;7*-1;;;;+2/p-3. The molecule has 6 heteroatoms. The first-order chi connectivity index (χ1) is 6.80. The third-order valence-electron chi connectivity index (χ3n) is 1.62. The second-order valence-electron chi connectivity index (χ2n) is 2.70. The summed E-state index contributed by atoms with van der Waals surface area (Å²) in [6, 6.07) is 8.53. The summed E-state index contributed by atoms with van der Waals surface area (Å²) in [5.41, 5.74) is 7.12. The minimum absolute atomic E-state index is 0. The van der Waals surface area contributed by atoms with Crippen LogP contribution >= 0.6 is 0 Å². The molecule has 0 saturated heterocycles. The third-order valence-corrected chi connectivity index (χ3v) is 1.62. The molecule has 0 aliphatic heterocycles. The number of hydrogen-bond donors (Lipinski definition) is 0. The number of rotatable bonds is 1. The van der Waals surface area contributed by atoms with Crippen LogP contribution in [0.5, 0.6) is 0 Å². The predicted molar refractivity (Wildman–Crippen MR) is 106 cm³/mol. The molecule has 0 fully saturated rings. The van der Waals surface area contributed by atoms with E-state index in [1.54, 1.807) is 24.3 Å². The number of nitrogens with one attached hydrogen (secondary N) is 1. The quantitative estimate of drug-likeness (QED) is 0.396. The molecule has 0 spiro atoms. The molecule has 2 nitrogen and oxygen atoms in total. The molecule has 1 amide bonds. The molecule has 0 bridgehead atoms. The average molecular weight is 426 g/mol. The summed E-state index contributed by atoms with van der Waals surface area (Å²) >= 11 is 0. The molecule has 0 saturated carbocycles. The van der Waals surface area contributed by atoms with Gasteiger partial charge in [-0.2, -0.15) is 6.08 Å². The van der Waals surface area contributed by atoms with Gasteiger partial charge in [-0.25, -0.2) is 12.2 Å². The fourth-order valence-electron chi connectivity index (χ4n) is 0.930. The number of amides is 1. The van der Waals surface area contributed by atoms with E-state index in [-0.39, 0.29) is 102 Å². The number of carbonyl (C=O) groups is 1. The van der Waals surface area contributed by atoms with Crippen LogP contribution in [-0.4, -0.2) is 16.9 Å². The molecule has 2 rings (SSSR count). The SMILES string of the molecule is [C-]1=CC=CC1.[CH3-].[CH3-].[CH3-].[CH3-].[CH3-].[CH3-].[Cl-].[Cl-].[NH-]C(=O)c1ccccc1.[SiH4].[Ti+2]. The molecule has 0 unspecified atom stereocenters. The van der Waals surface area contributed by atoms with Crippen LogP contribution in [0.25, 0.3) is 5.73 Å². The summed E-state index contributed by atoms with van der Waals surface area (Å²) in [5.74, 6) is -0.629. The fraction of sp³-hybridized carbons (Fsp3) is 0.0556. The Morgan fingerprint density at radius 1 is 0.917 bits per heavy atom. The van der Waals surface area contributed by atoms with Crippen molar-refractivity contribution in [3.8, 4) is 0 Å². The normalized spacial score (nSPS) is 7.00. The van der Waals surface area contributed by atoms with Gasteiger partial charge in [0.15, 0.2) is 0 Å². The van der Waals surface area contributed by atoms with Gasteiger partial charge in [0, 0.05) is 0 Å². The minimum atomic E-state index is -0.629. The van der Waals surface area contributed by atoms with Gasteiger partial charge in [0.1, 0.15) is 0 Å². The zero-order valence-electron chi connectivity index (χ0n) is 15.0. The molecule has 1 aromatic carbocycles.